The van der Waals surface area contributed by atoms with Crippen molar-refractivity contribution in [2.75, 3.05) is 4.90 Å². The Labute approximate surface area is 202 Å². The Morgan fingerprint density at radius 2 is 1.91 bits per heavy atom. The van der Waals surface area contributed by atoms with Crippen LogP contribution in [0, 0.1) is 15.9 Å². The van der Waals surface area contributed by atoms with E-state index in [0.29, 0.717) is 31.9 Å². The SMILES string of the molecule is O=C1/C(=C\c2cc([N+](=O)[O-])ccc2OCc2ccc(F)cc2)SC(=S)N1c1cccc(Cl)c1. The van der Waals surface area contributed by atoms with Gasteiger partial charge in [0, 0.05) is 22.7 Å². The number of ether oxygens (including phenoxy) is 1. The highest BCUT2D eigenvalue weighted by molar-refractivity contribution is 8.27. The molecule has 1 aliphatic rings. The maximum atomic E-state index is 13.1. The summed E-state index contributed by atoms with van der Waals surface area (Å²) in [6.45, 7) is 0.113. The van der Waals surface area contributed by atoms with E-state index in [1.54, 1.807) is 36.4 Å². The molecule has 0 unspecified atom stereocenters. The highest BCUT2D eigenvalue weighted by atomic mass is 35.5. The monoisotopic (exact) mass is 500 g/mol. The number of nitro groups is 1. The molecular weight excluding hydrogens is 487 g/mol. The number of nitro benzene ring substituents is 1. The summed E-state index contributed by atoms with van der Waals surface area (Å²) in [5.41, 5.74) is 1.44. The molecule has 0 bridgehead atoms. The number of nitrogens with zero attached hydrogens (tertiary/aromatic N) is 2. The predicted molar refractivity (Wildman–Crippen MR) is 131 cm³/mol. The standard InChI is InChI=1S/C23H14ClFN2O4S2/c24-16-2-1-3-18(12-16)26-22(28)21(33-23(26)32)11-15-10-19(27(29)30)8-9-20(15)31-13-14-4-6-17(25)7-5-14/h1-12H,13H2/b21-11+. The molecule has 1 heterocycles. The zero-order valence-corrected chi connectivity index (χ0v) is 19.1. The third-order valence-corrected chi connectivity index (χ3v) is 6.20. The molecule has 0 N–H and O–H groups in total. The number of carbonyl (C=O) groups is 1. The first-order valence-corrected chi connectivity index (χ1v) is 11.1. The van der Waals surface area contributed by atoms with Crippen LogP contribution in [0.5, 0.6) is 5.75 Å². The van der Waals surface area contributed by atoms with Crippen molar-refractivity contribution in [3.63, 3.8) is 0 Å². The molecule has 4 rings (SSSR count). The second kappa shape index (κ2) is 9.70. The summed E-state index contributed by atoms with van der Waals surface area (Å²) in [6, 6.07) is 16.6. The highest BCUT2D eigenvalue weighted by Gasteiger charge is 2.33. The molecule has 6 nitrogen and oxygen atoms in total. The van der Waals surface area contributed by atoms with E-state index in [4.69, 9.17) is 28.6 Å². The van der Waals surface area contributed by atoms with Gasteiger partial charge >= 0.3 is 0 Å². The van der Waals surface area contributed by atoms with E-state index >= 15 is 0 Å². The Balaban J connectivity index is 1.65. The third kappa shape index (κ3) is 5.22. The number of hydrogen-bond acceptors (Lipinski definition) is 6. The summed E-state index contributed by atoms with van der Waals surface area (Å²) in [5.74, 6) is -0.405. The molecule has 0 saturated carbocycles. The van der Waals surface area contributed by atoms with E-state index in [1.165, 1.54) is 41.3 Å². The Bertz CT molecular complexity index is 1300. The van der Waals surface area contributed by atoms with Crippen LogP contribution >= 0.6 is 35.6 Å². The van der Waals surface area contributed by atoms with Gasteiger partial charge in [0.2, 0.25) is 0 Å². The molecule has 1 saturated heterocycles. The lowest BCUT2D eigenvalue weighted by molar-refractivity contribution is -0.384. The van der Waals surface area contributed by atoms with Gasteiger partial charge < -0.3 is 4.74 Å². The van der Waals surface area contributed by atoms with E-state index in [2.05, 4.69) is 0 Å². The van der Waals surface area contributed by atoms with Crippen LogP contribution in [0.4, 0.5) is 15.8 Å². The summed E-state index contributed by atoms with van der Waals surface area (Å²) in [4.78, 5) is 25.5. The van der Waals surface area contributed by atoms with Gasteiger partial charge in [0.05, 0.1) is 15.5 Å². The van der Waals surface area contributed by atoms with Crippen LogP contribution in [0.2, 0.25) is 5.02 Å². The zero-order chi connectivity index (χ0) is 23.5. The number of rotatable bonds is 6. The fraction of sp³-hybridized carbons (Fsp3) is 0.0435. The summed E-state index contributed by atoms with van der Waals surface area (Å²) < 4.78 is 19.3. The van der Waals surface area contributed by atoms with Gasteiger partial charge in [-0.25, -0.2) is 4.39 Å². The lowest BCUT2D eigenvalue weighted by Gasteiger charge is -2.14. The molecule has 0 aliphatic carbocycles. The number of thiocarbonyl (C=S) groups is 1. The smallest absolute Gasteiger partial charge is 0.270 e. The lowest BCUT2D eigenvalue weighted by Crippen LogP contribution is -2.27. The van der Waals surface area contributed by atoms with Crippen LogP contribution in [-0.2, 0) is 11.4 Å². The molecule has 1 aliphatic heterocycles. The summed E-state index contributed by atoms with van der Waals surface area (Å²) in [5, 5.41) is 11.8. The third-order valence-electron chi connectivity index (χ3n) is 4.66. The van der Waals surface area contributed by atoms with Crippen molar-refractivity contribution >= 4 is 63.3 Å². The maximum Gasteiger partial charge on any atom is 0.270 e. The predicted octanol–water partition coefficient (Wildman–Crippen LogP) is 6.37. The van der Waals surface area contributed by atoms with Crippen molar-refractivity contribution in [2.45, 2.75) is 6.61 Å². The normalized spacial score (nSPS) is 14.7. The Morgan fingerprint density at radius 1 is 1.15 bits per heavy atom. The Morgan fingerprint density at radius 3 is 2.61 bits per heavy atom. The molecule has 0 atom stereocenters. The average Bonchev–Trinajstić information content (AvgIpc) is 3.06. The van der Waals surface area contributed by atoms with Crippen molar-refractivity contribution in [1.82, 2.24) is 0 Å². The summed E-state index contributed by atoms with van der Waals surface area (Å²) in [7, 11) is 0. The lowest BCUT2D eigenvalue weighted by atomic mass is 10.1. The van der Waals surface area contributed by atoms with Gasteiger partial charge in [0.25, 0.3) is 11.6 Å². The minimum atomic E-state index is -0.529. The van der Waals surface area contributed by atoms with Crippen LogP contribution in [0.15, 0.2) is 71.6 Å². The van der Waals surface area contributed by atoms with Gasteiger partial charge in [0.15, 0.2) is 4.32 Å². The van der Waals surface area contributed by atoms with Gasteiger partial charge in [-0.15, -0.1) is 0 Å². The fourth-order valence-corrected chi connectivity index (χ4v) is 4.56. The first kappa shape index (κ1) is 22.9. The minimum absolute atomic E-state index is 0.113. The largest absolute Gasteiger partial charge is 0.488 e. The minimum Gasteiger partial charge on any atom is -0.488 e. The number of halogens is 2. The second-order valence-corrected chi connectivity index (χ2v) is 9.00. The van der Waals surface area contributed by atoms with E-state index in [1.807, 2.05) is 0 Å². The topological polar surface area (TPSA) is 72.7 Å². The van der Waals surface area contributed by atoms with Crippen molar-refractivity contribution in [3.8, 4) is 5.75 Å². The molecule has 0 spiro atoms. The quantitative estimate of drug-likeness (QED) is 0.169. The van der Waals surface area contributed by atoms with Gasteiger partial charge in [-0.2, -0.15) is 0 Å². The molecule has 1 amide bonds. The zero-order valence-electron chi connectivity index (χ0n) is 16.7. The van der Waals surface area contributed by atoms with Crippen molar-refractivity contribution < 1.29 is 18.8 Å². The Hall–Kier alpha value is -3.27. The molecule has 3 aromatic carbocycles. The number of thioether (sulfide) groups is 1. The summed E-state index contributed by atoms with van der Waals surface area (Å²) >= 11 is 12.5. The van der Waals surface area contributed by atoms with Crippen LogP contribution in [-0.4, -0.2) is 15.2 Å². The van der Waals surface area contributed by atoms with Gasteiger partial charge in [-0.1, -0.05) is 53.8 Å². The molecule has 0 aromatic heterocycles. The average molecular weight is 501 g/mol. The molecule has 1 fully saturated rings. The first-order valence-electron chi connectivity index (χ1n) is 9.51. The van der Waals surface area contributed by atoms with E-state index in [9.17, 15) is 19.3 Å². The van der Waals surface area contributed by atoms with Gasteiger partial charge in [0.1, 0.15) is 18.2 Å². The number of anilines is 1. The van der Waals surface area contributed by atoms with Crippen molar-refractivity contribution in [1.29, 1.82) is 0 Å². The van der Waals surface area contributed by atoms with Gasteiger partial charge in [-0.3, -0.25) is 19.8 Å². The van der Waals surface area contributed by atoms with Crippen molar-refractivity contribution in [2.24, 2.45) is 0 Å². The number of non-ortho nitro benzene ring substituents is 1. The molecule has 0 radical (unpaired) electrons. The molecule has 10 heteroatoms. The number of amides is 1. The van der Waals surface area contributed by atoms with Crippen LogP contribution in [0.25, 0.3) is 6.08 Å². The van der Waals surface area contributed by atoms with Crippen LogP contribution < -0.4 is 9.64 Å². The van der Waals surface area contributed by atoms with Gasteiger partial charge in [-0.05, 0) is 48.0 Å². The highest BCUT2D eigenvalue weighted by Crippen LogP contribution is 2.38. The fourth-order valence-electron chi connectivity index (χ4n) is 3.08. The Kier molecular flexibility index (Phi) is 6.73. The van der Waals surface area contributed by atoms with E-state index < -0.39 is 4.92 Å². The van der Waals surface area contributed by atoms with Crippen molar-refractivity contribution in [3.05, 3.63) is 104 Å². The number of carbonyl (C=O) groups excluding carboxylic acids is 1. The second-order valence-electron chi connectivity index (χ2n) is 6.89. The number of benzene rings is 3. The van der Waals surface area contributed by atoms with Crippen LogP contribution in [0.3, 0.4) is 0 Å². The number of hydrogen-bond donors (Lipinski definition) is 0. The maximum absolute atomic E-state index is 13.1. The molecular formula is C23H14ClFN2O4S2. The summed E-state index contributed by atoms with van der Waals surface area (Å²) in [6.07, 6.45) is 1.51. The van der Waals surface area contributed by atoms with E-state index in [-0.39, 0.29) is 28.9 Å². The van der Waals surface area contributed by atoms with Crippen LogP contribution in [0.1, 0.15) is 11.1 Å². The molecule has 33 heavy (non-hydrogen) atoms. The van der Waals surface area contributed by atoms with E-state index in [0.717, 1.165) is 11.8 Å². The first-order chi connectivity index (χ1) is 15.8. The molecule has 3 aromatic rings. The molecule has 166 valence electrons.